The van der Waals surface area contributed by atoms with Gasteiger partial charge in [0.25, 0.3) is 0 Å². The van der Waals surface area contributed by atoms with Crippen molar-refractivity contribution in [3.05, 3.63) is 58.2 Å². The number of anilines is 1. The summed E-state index contributed by atoms with van der Waals surface area (Å²) in [5.74, 6) is 0.725. The number of carbonyl (C=O) groups is 1. The van der Waals surface area contributed by atoms with Crippen molar-refractivity contribution in [2.24, 2.45) is 0 Å². The minimum absolute atomic E-state index is 0.115. The number of amides is 1. The maximum Gasteiger partial charge on any atom is 0.232 e. The van der Waals surface area contributed by atoms with E-state index in [1.165, 1.54) is 22.7 Å². The summed E-state index contributed by atoms with van der Waals surface area (Å²) in [6.45, 7) is 2.60. The van der Waals surface area contributed by atoms with E-state index in [9.17, 15) is 4.79 Å². The van der Waals surface area contributed by atoms with Gasteiger partial charge in [-0.1, -0.05) is 6.07 Å². The molecule has 0 fully saturated rings. The van der Waals surface area contributed by atoms with E-state index >= 15 is 0 Å². The standard InChI is InChI=1S/C20H17N3O2S3/c1-2-25-15-7-5-13(6-8-15)19-21-14(11-27-19)10-18(24)23-20-22-16(12-28-20)17-4-3-9-26-17/h3-9,11-12H,2,10H2,1H3,(H,22,23,24). The van der Waals surface area contributed by atoms with Crippen LogP contribution in [-0.2, 0) is 11.2 Å². The maximum absolute atomic E-state index is 12.3. The number of ether oxygens (including phenoxy) is 1. The average molecular weight is 428 g/mol. The first-order chi connectivity index (χ1) is 13.7. The third kappa shape index (κ3) is 4.46. The molecule has 0 saturated heterocycles. The van der Waals surface area contributed by atoms with Crippen LogP contribution in [0.15, 0.2) is 52.5 Å². The minimum Gasteiger partial charge on any atom is -0.494 e. The van der Waals surface area contributed by atoms with Crippen LogP contribution in [0.2, 0.25) is 0 Å². The van der Waals surface area contributed by atoms with Gasteiger partial charge in [-0.25, -0.2) is 9.97 Å². The fourth-order valence-corrected chi connectivity index (χ4v) is 4.89. The summed E-state index contributed by atoms with van der Waals surface area (Å²) in [6, 6.07) is 11.8. The SMILES string of the molecule is CCOc1ccc(-c2nc(CC(=O)Nc3nc(-c4cccs4)cs3)cs2)cc1. The van der Waals surface area contributed by atoms with Crippen molar-refractivity contribution in [1.29, 1.82) is 0 Å². The summed E-state index contributed by atoms with van der Waals surface area (Å²) >= 11 is 4.59. The van der Waals surface area contributed by atoms with Crippen LogP contribution < -0.4 is 10.1 Å². The number of nitrogens with zero attached hydrogens (tertiary/aromatic N) is 2. The first kappa shape index (κ1) is 18.8. The molecule has 3 heterocycles. The van der Waals surface area contributed by atoms with Crippen molar-refractivity contribution in [1.82, 2.24) is 9.97 Å². The average Bonchev–Trinajstić information content (AvgIpc) is 3.44. The van der Waals surface area contributed by atoms with Crippen molar-refractivity contribution < 1.29 is 9.53 Å². The zero-order valence-electron chi connectivity index (χ0n) is 15.0. The van der Waals surface area contributed by atoms with E-state index < -0.39 is 0 Å². The summed E-state index contributed by atoms with van der Waals surface area (Å²) in [7, 11) is 0. The molecule has 28 heavy (non-hydrogen) atoms. The Kier molecular flexibility index (Phi) is 5.80. The molecular formula is C20H17N3O2S3. The topological polar surface area (TPSA) is 64.1 Å². The number of hydrogen-bond acceptors (Lipinski definition) is 7. The van der Waals surface area contributed by atoms with Crippen LogP contribution >= 0.6 is 34.0 Å². The van der Waals surface area contributed by atoms with Crippen LogP contribution in [0.4, 0.5) is 5.13 Å². The zero-order valence-corrected chi connectivity index (χ0v) is 17.5. The lowest BCUT2D eigenvalue weighted by atomic mass is 10.2. The molecule has 1 N–H and O–H groups in total. The summed E-state index contributed by atoms with van der Waals surface area (Å²) in [5, 5.41) is 10.2. The van der Waals surface area contributed by atoms with E-state index in [2.05, 4.69) is 15.3 Å². The van der Waals surface area contributed by atoms with Crippen molar-refractivity contribution in [3.8, 4) is 26.9 Å². The molecule has 0 aliphatic heterocycles. The number of nitrogens with one attached hydrogen (secondary N) is 1. The smallest absolute Gasteiger partial charge is 0.232 e. The fourth-order valence-electron chi connectivity index (χ4n) is 2.58. The molecule has 0 aliphatic rings. The molecule has 0 saturated carbocycles. The van der Waals surface area contributed by atoms with E-state index in [-0.39, 0.29) is 12.3 Å². The Bertz CT molecular complexity index is 1050. The van der Waals surface area contributed by atoms with Gasteiger partial charge in [-0.05, 0) is 42.6 Å². The summed E-state index contributed by atoms with van der Waals surface area (Å²) < 4.78 is 5.46. The normalized spacial score (nSPS) is 10.8. The summed E-state index contributed by atoms with van der Waals surface area (Å²) in [6.07, 6.45) is 0.224. The number of benzene rings is 1. The van der Waals surface area contributed by atoms with Gasteiger partial charge in [0, 0.05) is 16.3 Å². The monoisotopic (exact) mass is 427 g/mol. The minimum atomic E-state index is -0.115. The molecule has 1 amide bonds. The second-order valence-electron chi connectivity index (χ2n) is 5.84. The number of thiazole rings is 2. The molecule has 0 bridgehead atoms. The van der Waals surface area contributed by atoms with Crippen LogP contribution in [0.25, 0.3) is 21.1 Å². The molecule has 1 aromatic carbocycles. The molecule has 8 heteroatoms. The van der Waals surface area contributed by atoms with Crippen molar-refractivity contribution in [2.45, 2.75) is 13.3 Å². The highest BCUT2D eigenvalue weighted by Crippen LogP contribution is 2.29. The van der Waals surface area contributed by atoms with Gasteiger partial charge in [0.15, 0.2) is 5.13 Å². The highest BCUT2D eigenvalue weighted by molar-refractivity contribution is 7.16. The highest BCUT2D eigenvalue weighted by Gasteiger charge is 2.12. The molecule has 0 spiro atoms. The van der Waals surface area contributed by atoms with Crippen molar-refractivity contribution in [2.75, 3.05) is 11.9 Å². The molecule has 0 aliphatic carbocycles. The Morgan fingerprint density at radius 2 is 1.93 bits per heavy atom. The number of aromatic nitrogens is 2. The van der Waals surface area contributed by atoms with Crippen LogP contribution in [0, 0.1) is 0 Å². The fraction of sp³-hybridized carbons (Fsp3) is 0.150. The number of rotatable bonds is 7. The van der Waals surface area contributed by atoms with E-state index in [0.717, 1.165) is 32.6 Å². The van der Waals surface area contributed by atoms with Gasteiger partial charge < -0.3 is 10.1 Å². The first-order valence-corrected chi connectivity index (χ1v) is 11.3. The van der Waals surface area contributed by atoms with Crippen molar-refractivity contribution in [3.63, 3.8) is 0 Å². The van der Waals surface area contributed by atoms with Gasteiger partial charge in [0.05, 0.1) is 29.3 Å². The van der Waals surface area contributed by atoms with Crippen LogP contribution in [0.1, 0.15) is 12.6 Å². The zero-order chi connectivity index (χ0) is 19.3. The first-order valence-electron chi connectivity index (χ1n) is 8.68. The summed E-state index contributed by atoms with van der Waals surface area (Å²) in [4.78, 5) is 22.5. The number of carbonyl (C=O) groups excluding carboxylic acids is 1. The Hall–Kier alpha value is -2.55. The lowest BCUT2D eigenvalue weighted by Crippen LogP contribution is -2.14. The van der Waals surface area contributed by atoms with Gasteiger partial charge in [-0.2, -0.15) is 0 Å². The third-order valence-electron chi connectivity index (χ3n) is 3.83. The van der Waals surface area contributed by atoms with E-state index in [1.807, 2.05) is 59.5 Å². The molecular weight excluding hydrogens is 410 g/mol. The predicted octanol–water partition coefficient (Wildman–Crippen LogP) is 5.58. The molecule has 0 atom stereocenters. The molecule has 3 aromatic heterocycles. The molecule has 142 valence electrons. The molecule has 5 nitrogen and oxygen atoms in total. The molecule has 0 radical (unpaired) electrons. The van der Waals surface area contributed by atoms with E-state index in [0.29, 0.717) is 11.7 Å². The second-order valence-corrected chi connectivity index (χ2v) is 8.51. The quantitative estimate of drug-likeness (QED) is 0.418. The lowest BCUT2D eigenvalue weighted by molar-refractivity contribution is -0.115. The number of hydrogen-bond donors (Lipinski definition) is 1. The van der Waals surface area contributed by atoms with E-state index in [1.54, 1.807) is 11.3 Å². The van der Waals surface area contributed by atoms with Crippen LogP contribution in [0.5, 0.6) is 5.75 Å². The maximum atomic E-state index is 12.3. The lowest BCUT2D eigenvalue weighted by Gasteiger charge is -2.03. The molecule has 0 unspecified atom stereocenters. The number of thiophene rings is 1. The summed E-state index contributed by atoms with van der Waals surface area (Å²) in [5.41, 5.74) is 2.66. The van der Waals surface area contributed by atoms with Gasteiger partial charge in [0.1, 0.15) is 10.8 Å². The largest absolute Gasteiger partial charge is 0.494 e. The van der Waals surface area contributed by atoms with Gasteiger partial charge in [-0.15, -0.1) is 34.0 Å². The van der Waals surface area contributed by atoms with Gasteiger partial charge in [0.2, 0.25) is 5.91 Å². The Morgan fingerprint density at radius 1 is 1.07 bits per heavy atom. The van der Waals surface area contributed by atoms with Gasteiger partial charge >= 0.3 is 0 Å². The Labute approximate surface area is 174 Å². The van der Waals surface area contributed by atoms with E-state index in [4.69, 9.17) is 4.74 Å². The molecule has 4 aromatic rings. The van der Waals surface area contributed by atoms with Gasteiger partial charge in [-0.3, -0.25) is 4.79 Å². The predicted molar refractivity (Wildman–Crippen MR) is 116 cm³/mol. The van der Waals surface area contributed by atoms with Crippen molar-refractivity contribution >= 4 is 45.0 Å². The highest BCUT2D eigenvalue weighted by atomic mass is 32.1. The third-order valence-corrected chi connectivity index (χ3v) is 6.42. The molecule has 4 rings (SSSR count). The van der Waals surface area contributed by atoms with Crippen LogP contribution in [0.3, 0.4) is 0 Å². The Balaban J connectivity index is 1.37. The second kappa shape index (κ2) is 8.64. The Morgan fingerprint density at radius 3 is 2.68 bits per heavy atom. The van der Waals surface area contributed by atoms with Crippen LogP contribution in [-0.4, -0.2) is 22.5 Å².